The number of pyridine rings is 1. The second kappa shape index (κ2) is 7.68. The van der Waals surface area contributed by atoms with Gasteiger partial charge in [0.15, 0.2) is 0 Å². The molecule has 1 aromatic rings. The number of carbonyl (C=O) groups excluding carboxylic acids is 1. The fraction of sp³-hybridized carbons (Fsp3) is 0.538. The molecule has 4 nitrogen and oxygen atoms in total. The van der Waals surface area contributed by atoms with Gasteiger partial charge in [-0.25, -0.2) is 0 Å². The molecule has 0 spiro atoms. The lowest BCUT2D eigenvalue weighted by Gasteiger charge is -2.34. The predicted molar refractivity (Wildman–Crippen MR) is 81.4 cm³/mol. The molecule has 1 saturated heterocycles. The van der Waals surface area contributed by atoms with Crippen molar-refractivity contribution >= 4 is 30.7 Å². The molecule has 1 aliphatic rings. The normalized spacial score (nSPS) is 16.7. The summed E-state index contributed by atoms with van der Waals surface area (Å²) in [6.07, 6.45) is 3.59. The van der Waals surface area contributed by atoms with Crippen LogP contribution in [0.3, 0.4) is 0 Å². The van der Waals surface area contributed by atoms with E-state index >= 15 is 0 Å². The fourth-order valence-corrected chi connectivity index (χ4v) is 2.16. The standard InChI is InChI=1S/C13H19N3O.2ClH/c1-10-4-3-7-15-11(10)12(17)16-13(2)5-8-14-9-6-13;;/h3-4,7,14H,5-6,8-9H2,1-2H3,(H,16,17);2*1H. The summed E-state index contributed by atoms with van der Waals surface area (Å²) in [6, 6.07) is 3.75. The lowest BCUT2D eigenvalue weighted by atomic mass is 9.90. The summed E-state index contributed by atoms with van der Waals surface area (Å²) in [5, 5.41) is 6.41. The van der Waals surface area contributed by atoms with Gasteiger partial charge in [-0.2, -0.15) is 0 Å². The van der Waals surface area contributed by atoms with Crippen molar-refractivity contribution in [3.63, 3.8) is 0 Å². The van der Waals surface area contributed by atoms with Gasteiger partial charge < -0.3 is 10.6 Å². The molecule has 0 unspecified atom stereocenters. The molecule has 1 fully saturated rings. The van der Waals surface area contributed by atoms with Crippen LogP contribution in [-0.2, 0) is 0 Å². The van der Waals surface area contributed by atoms with E-state index in [-0.39, 0.29) is 36.3 Å². The maximum Gasteiger partial charge on any atom is 0.270 e. The molecule has 1 amide bonds. The van der Waals surface area contributed by atoms with Crippen LogP contribution in [0.5, 0.6) is 0 Å². The summed E-state index contributed by atoms with van der Waals surface area (Å²) in [4.78, 5) is 16.3. The minimum Gasteiger partial charge on any atom is -0.345 e. The molecular weight excluding hydrogens is 285 g/mol. The first-order valence-corrected chi connectivity index (χ1v) is 6.06. The highest BCUT2D eigenvalue weighted by Crippen LogP contribution is 2.18. The molecule has 0 aliphatic carbocycles. The summed E-state index contributed by atoms with van der Waals surface area (Å²) in [6.45, 7) is 5.92. The van der Waals surface area contributed by atoms with Crippen molar-refractivity contribution in [2.45, 2.75) is 32.2 Å². The largest absolute Gasteiger partial charge is 0.345 e. The van der Waals surface area contributed by atoms with Gasteiger partial charge in [0.2, 0.25) is 0 Å². The third-order valence-electron chi connectivity index (χ3n) is 3.35. The number of aryl methyl sites for hydroxylation is 1. The number of hydrogen-bond donors (Lipinski definition) is 2. The lowest BCUT2D eigenvalue weighted by Crippen LogP contribution is -2.52. The maximum absolute atomic E-state index is 12.1. The Bertz CT molecular complexity index is 420. The average molecular weight is 306 g/mol. The van der Waals surface area contributed by atoms with E-state index in [0.29, 0.717) is 5.69 Å². The van der Waals surface area contributed by atoms with E-state index in [1.807, 2.05) is 19.1 Å². The first kappa shape index (κ1) is 18.2. The molecular formula is C13H21Cl2N3O. The molecule has 2 rings (SSSR count). The van der Waals surface area contributed by atoms with Crippen LogP contribution < -0.4 is 10.6 Å². The highest BCUT2D eigenvalue weighted by Gasteiger charge is 2.29. The van der Waals surface area contributed by atoms with E-state index in [4.69, 9.17) is 0 Å². The third kappa shape index (κ3) is 4.64. The Balaban J connectivity index is 0.00000162. The molecule has 1 aliphatic heterocycles. The zero-order valence-corrected chi connectivity index (χ0v) is 12.9. The topological polar surface area (TPSA) is 54.0 Å². The fourth-order valence-electron chi connectivity index (χ4n) is 2.16. The van der Waals surface area contributed by atoms with Gasteiger partial charge in [0.1, 0.15) is 5.69 Å². The van der Waals surface area contributed by atoms with Gasteiger partial charge in [-0.3, -0.25) is 9.78 Å². The SMILES string of the molecule is Cc1cccnc1C(=O)NC1(C)CCNCC1.Cl.Cl. The zero-order valence-electron chi connectivity index (χ0n) is 11.2. The van der Waals surface area contributed by atoms with Crippen molar-refractivity contribution in [1.29, 1.82) is 0 Å². The van der Waals surface area contributed by atoms with Crippen LogP contribution in [0.4, 0.5) is 0 Å². The van der Waals surface area contributed by atoms with Gasteiger partial charge in [0.25, 0.3) is 5.91 Å². The molecule has 108 valence electrons. The highest BCUT2D eigenvalue weighted by atomic mass is 35.5. The summed E-state index contributed by atoms with van der Waals surface area (Å²) >= 11 is 0. The van der Waals surface area contributed by atoms with E-state index in [2.05, 4.69) is 22.5 Å². The van der Waals surface area contributed by atoms with Gasteiger partial charge in [-0.1, -0.05) is 6.07 Å². The first-order valence-electron chi connectivity index (χ1n) is 6.06. The number of hydrogen-bond acceptors (Lipinski definition) is 3. The number of aromatic nitrogens is 1. The molecule has 0 bridgehead atoms. The summed E-state index contributed by atoms with van der Waals surface area (Å²) in [5.41, 5.74) is 1.35. The van der Waals surface area contributed by atoms with Gasteiger partial charge in [0, 0.05) is 11.7 Å². The van der Waals surface area contributed by atoms with Crippen molar-refractivity contribution in [2.75, 3.05) is 13.1 Å². The minimum absolute atomic E-state index is 0. The number of piperidine rings is 1. The van der Waals surface area contributed by atoms with E-state index in [1.165, 1.54) is 0 Å². The Kier molecular flexibility index (Phi) is 7.34. The van der Waals surface area contributed by atoms with Crippen molar-refractivity contribution in [1.82, 2.24) is 15.6 Å². The zero-order chi connectivity index (χ0) is 12.3. The van der Waals surface area contributed by atoms with Gasteiger partial charge >= 0.3 is 0 Å². The molecule has 0 atom stereocenters. The van der Waals surface area contributed by atoms with E-state index in [9.17, 15) is 4.79 Å². The predicted octanol–water partition coefficient (Wildman–Crippen LogP) is 2.11. The minimum atomic E-state index is -0.105. The van der Waals surface area contributed by atoms with Crippen molar-refractivity contribution < 1.29 is 4.79 Å². The molecule has 1 aromatic heterocycles. The Hall–Kier alpha value is -0.840. The summed E-state index contributed by atoms with van der Waals surface area (Å²) in [5.74, 6) is -0.0625. The second-order valence-corrected chi connectivity index (χ2v) is 4.93. The Morgan fingerprint density at radius 3 is 2.58 bits per heavy atom. The highest BCUT2D eigenvalue weighted by molar-refractivity contribution is 5.94. The Morgan fingerprint density at radius 2 is 2.00 bits per heavy atom. The number of rotatable bonds is 2. The molecule has 2 N–H and O–H groups in total. The van der Waals surface area contributed by atoms with Crippen molar-refractivity contribution in [2.24, 2.45) is 0 Å². The second-order valence-electron chi connectivity index (χ2n) is 4.93. The molecule has 19 heavy (non-hydrogen) atoms. The summed E-state index contributed by atoms with van der Waals surface area (Å²) < 4.78 is 0. The number of nitrogens with one attached hydrogen (secondary N) is 2. The number of carbonyl (C=O) groups is 1. The van der Waals surface area contributed by atoms with Gasteiger partial charge in [-0.15, -0.1) is 24.8 Å². The van der Waals surface area contributed by atoms with Crippen LogP contribution in [0.25, 0.3) is 0 Å². The van der Waals surface area contributed by atoms with Crippen LogP contribution in [0, 0.1) is 6.92 Å². The van der Waals surface area contributed by atoms with E-state index in [1.54, 1.807) is 6.20 Å². The molecule has 0 saturated carbocycles. The van der Waals surface area contributed by atoms with Crippen molar-refractivity contribution in [3.05, 3.63) is 29.6 Å². The number of amides is 1. The van der Waals surface area contributed by atoms with Crippen LogP contribution in [-0.4, -0.2) is 29.5 Å². The number of halogens is 2. The van der Waals surface area contributed by atoms with Gasteiger partial charge in [0.05, 0.1) is 0 Å². The quantitative estimate of drug-likeness (QED) is 0.880. The molecule has 0 aromatic carbocycles. The van der Waals surface area contributed by atoms with E-state index < -0.39 is 0 Å². The molecule has 2 heterocycles. The molecule has 0 radical (unpaired) electrons. The van der Waals surface area contributed by atoms with Crippen molar-refractivity contribution in [3.8, 4) is 0 Å². The maximum atomic E-state index is 12.1. The van der Waals surface area contributed by atoms with Gasteiger partial charge in [-0.05, 0) is 51.4 Å². The first-order chi connectivity index (χ1) is 8.11. The Labute approximate surface area is 126 Å². The van der Waals surface area contributed by atoms with E-state index in [0.717, 1.165) is 31.5 Å². The monoisotopic (exact) mass is 305 g/mol. The van der Waals surface area contributed by atoms with Crippen LogP contribution in [0.15, 0.2) is 18.3 Å². The summed E-state index contributed by atoms with van der Waals surface area (Å²) in [7, 11) is 0. The third-order valence-corrected chi connectivity index (χ3v) is 3.35. The number of nitrogens with zero attached hydrogens (tertiary/aromatic N) is 1. The van der Waals surface area contributed by atoms with Crippen LogP contribution in [0.1, 0.15) is 35.8 Å². The average Bonchev–Trinajstić information content (AvgIpc) is 2.29. The molecule has 6 heteroatoms. The lowest BCUT2D eigenvalue weighted by molar-refractivity contribution is 0.0881. The Morgan fingerprint density at radius 1 is 1.37 bits per heavy atom. The van der Waals surface area contributed by atoms with Crippen LogP contribution >= 0.6 is 24.8 Å². The van der Waals surface area contributed by atoms with Crippen LogP contribution in [0.2, 0.25) is 0 Å². The smallest absolute Gasteiger partial charge is 0.270 e.